The minimum Gasteiger partial charge on any atom is -0.457 e. The van der Waals surface area contributed by atoms with E-state index in [0.29, 0.717) is 11.4 Å². The van der Waals surface area contributed by atoms with Crippen LogP contribution in [0.5, 0.6) is 11.5 Å². The van der Waals surface area contributed by atoms with E-state index in [1.165, 1.54) is 0 Å². The Hall–Kier alpha value is -1.94. The first-order valence-electron chi connectivity index (χ1n) is 5.56. The fraction of sp³-hybridized carbons (Fsp3) is 0.143. The molecule has 0 aliphatic carbocycles. The number of nitrogens with two attached hydrogens (primary N) is 1. The van der Waals surface area contributed by atoms with Crippen LogP contribution in [0.3, 0.4) is 0 Å². The molecule has 18 heavy (non-hydrogen) atoms. The van der Waals surface area contributed by atoms with Crippen LogP contribution in [0.2, 0.25) is 0 Å². The van der Waals surface area contributed by atoms with Gasteiger partial charge in [-0.3, -0.25) is 4.98 Å². The van der Waals surface area contributed by atoms with Gasteiger partial charge in [0.2, 0.25) is 0 Å². The number of aromatic nitrogens is 1. The molecule has 3 nitrogen and oxygen atoms in total. The van der Waals surface area contributed by atoms with E-state index in [9.17, 15) is 0 Å². The van der Waals surface area contributed by atoms with E-state index in [0.717, 1.165) is 16.9 Å². The van der Waals surface area contributed by atoms with Crippen LogP contribution in [0.1, 0.15) is 16.8 Å². The summed E-state index contributed by atoms with van der Waals surface area (Å²) in [5, 5.41) is 0. The van der Waals surface area contributed by atoms with E-state index in [2.05, 4.69) is 11.1 Å². The molecule has 0 saturated carbocycles. The molecule has 0 spiro atoms. The monoisotopic (exact) mass is 258 g/mol. The van der Waals surface area contributed by atoms with E-state index < -0.39 is 0 Å². The second kappa shape index (κ2) is 5.14. The maximum absolute atomic E-state index is 5.78. The summed E-state index contributed by atoms with van der Waals surface area (Å²) in [5.74, 6) is 1.48. The van der Waals surface area contributed by atoms with Crippen molar-refractivity contribution >= 4 is 17.2 Å². The molecule has 0 unspecified atom stereocenters. The van der Waals surface area contributed by atoms with Crippen molar-refractivity contribution < 1.29 is 4.74 Å². The van der Waals surface area contributed by atoms with Gasteiger partial charge in [0, 0.05) is 12.3 Å². The third-order valence-electron chi connectivity index (χ3n) is 2.41. The number of thiocarbonyl (C=S) groups is 1. The molecule has 92 valence electrons. The minimum atomic E-state index is 0.265. The number of hydrogen-bond donors (Lipinski definition) is 1. The average molecular weight is 258 g/mol. The van der Waals surface area contributed by atoms with Crippen molar-refractivity contribution in [2.45, 2.75) is 13.8 Å². The maximum atomic E-state index is 5.78. The summed E-state index contributed by atoms with van der Waals surface area (Å²) in [5.41, 5.74) is 8.42. The van der Waals surface area contributed by atoms with Gasteiger partial charge in [-0.2, -0.15) is 0 Å². The first-order valence-corrected chi connectivity index (χ1v) is 5.97. The summed E-state index contributed by atoms with van der Waals surface area (Å²) in [7, 11) is 0. The molecule has 0 atom stereocenters. The lowest BCUT2D eigenvalue weighted by Gasteiger charge is -2.08. The largest absolute Gasteiger partial charge is 0.457 e. The van der Waals surface area contributed by atoms with Crippen molar-refractivity contribution in [1.82, 2.24) is 4.98 Å². The zero-order valence-electron chi connectivity index (χ0n) is 10.3. The van der Waals surface area contributed by atoms with Crippen molar-refractivity contribution in [2.75, 3.05) is 0 Å². The number of ether oxygens (including phenoxy) is 1. The van der Waals surface area contributed by atoms with Gasteiger partial charge in [-0.1, -0.05) is 18.3 Å². The van der Waals surface area contributed by atoms with Gasteiger partial charge < -0.3 is 10.5 Å². The summed E-state index contributed by atoms with van der Waals surface area (Å²) < 4.78 is 5.78. The Labute approximate surface area is 112 Å². The Morgan fingerprint density at radius 2 is 1.78 bits per heavy atom. The fourth-order valence-corrected chi connectivity index (χ4v) is 1.85. The average Bonchev–Trinajstić information content (AvgIpc) is 2.27. The summed E-state index contributed by atoms with van der Waals surface area (Å²) in [6.07, 6.45) is 1.63. The first-order chi connectivity index (χ1) is 8.54. The molecule has 1 aromatic carbocycles. The van der Waals surface area contributed by atoms with Gasteiger partial charge in [0.05, 0.1) is 0 Å². The highest BCUT2D eigenvalue weighted by Crippen LogP contribution is 2.23. The lowest BCUT2D eigenvalue weighted by Crippen LogP contribution is -2.11. The van der Waals surface area contributed by atoms with Crippen LogP contribution >= 0.6 is 12.2 Å². The molecule has 0 aliphatic rings. The molecule has 2 N–H and O–H groups in total. The molecule has 0 radical (unpaired) electrons. The fourth-order valence-electron chi connectivity index (χ4n) is 1.74. The van der Waals surface area contributed by atoms with Crippen LogP contribution < -0.4 is 10.5 Å². The van der Waals surface area contributed by atoms with Crippen LogP contribution in [0.4, 0.5) is 0 Å². The SMILES string of the molecule is Cc1cc(C)cc(Oc2ccnc(C(N)=S)c2)c1. The standard InChI is InChI=1S/C14H14N2OS/c1-9-5-10(2)7-12(6-9)17-11-3-4-16-13(8-11)14(15)18/h3-8H,1-2H3,(H2,15,18). The maximum Gasteiger partial charge on any atom is 0.131 e. The summed E-state index contributed by atoms with van der Waals surface area (Å²) >= 11 is 4.89. The van der Waals surface area contributed by atoms with Crippen molar-refractivity contribution in [3.63, 3.8) is 0 Å². The molecule has 0 bridgehead atoms. The van der Waals surface area contributed by atoms with Crippen LogP contribution in [-0.4, -0.2) is 9.97 Å². The zero-order chi connectivity index (χ0) is 13.1. The van der Waals surface area contributed by atoms with Crippen LogP contribution in [0.25, 0.3) is 0 Å². The van der Waals surface area contributed by atoms with Gasteiger partial charge in [0.25, 0.3) is 0 Å². The summed E-state index contributed by atoms with van der Waals surface area (Å²) in [4.78, 5) is 4.33. The third kappa shape index (κ3) is 3.05. The van der Waals surface area contributed by atoms with Gasteiger partial charge in [0.1, 0.15) is 22.2 Å². The Balaban J connectivity index is 2.28. The smallest absolute Gasteiger partial charge is 0.131 e. The van der Waals surface area contributed by atoms with Crippen molar-refractivity contribution in [1.29, 1.82) is 0 Å². The zero-order valence-corrected chi connectivity index (χ0v) is 11.1. The summed E-state index contributed by atoms with van der Waals surface area (Å²) in [6.45, 7) is 4.07. The third-order valence-corrected chi connectivity index (χ3v) is 2.62. The number of hydrogen-bond acceptors (Lipinski definition) is 3. The van der Waals surface area contributed by atoms with Gasteiger partial charge in [0.15, 0.2) is 0 Å². The Morgan fingerprint density at radius 1 is 1.11 bits per heavy atom. The molecule has 0 aliphatic heterocycles. The molecule has 2 rings (SSSR count). The second-order valence-corrected chi connectivity index (χ2v) is 4.61. The van der Waals surface area contributed by atoms with Crippen molar-refractivity contribution in [3.8, 4) is 11.5 Å². The number of benzene rings is 1. The number of aryl methyl sites for hydroxylation is 2. The highest BCUT2D eigenvalue weighted by molar-refractivity contribution is 7.80. The molecule has 0 amide bonds. The Kier molecular flexibility index (Phi) is 3.58. The summed E-state index contributed by atoms with van der Waals surface area (Å²) in [6, 6.07) is 9.57. The Morgan fingerprint density at radius 3 is 2.39 bits per heavy atom. The lowest BCUT2D eigenvalue weighted by molar-refractivity contribution is 0.481. The Bertz CT molecular complexity index is 576. The predicted molar refractivity (Wildman–Crippen MR) is 76.1 cm³/mol. The van der Waals surface area contributed by atoms with E-state index in [1.54, 1.807) is 18.3 Å². The molecule has 2 aromatic rings. The number of pyridine rings is 1. The van der Waals surface area contributed by atoms with Crippen LogP contribution in [0, 0.1) is 13.8 Å². The van der Waals surface area contributed by atoms with E-state index >= 15 is 0 Å². The van der Waals surface area contributed by atoms with Crippen LogP contribution in [-0.2, 0) is 0 Å². The molecule has 0 saturated heterocycles. The molecule has 1 heterocycles. The number of rotatable bonds is 3. The predicted octanol–water partition coefficient (Wildman–Crippen LogP) is 3.12. The van der Waals surface area contributed by atoms with Gasteiger partial charge >= 0.3 is 0 Å². The van der Waals surface area contributed by atoms with Crippen molar-refractivity contribution in [2.24, 2.45) is 5.73 Å². The van der Waals surface area contributed by atoms with Crippen LogP contribution in [0.15, 0.2) is 36.5 Å². The molecular weight excluding hydrogens is 244 g/mol. The highest BCUT2D eigenvalue weighted by Gasteiger charge is 2.03. The minimum absolute atomic E-state index is 0.265. The topological polar surface area (TPSA) is 48.1 Å². The molecule has 4 heteroatoms. The van der Waals surface area contributed by atoms with E-state index in [-0.39, 0.29) is 4.99 Å². The van der Waals surface area contributed by atoms with Gasteiger partial charge in [-0.15, -0.1) is 0 Å². The highest BCUT2D eigenvalue weighted by atomic mass is 32.1. The molecule has 1 aromatic heterocycles. The van der Waals surface area contributed by atoms with E-state index in [1.807, 2.05) is 26.0 Å². The van der Waals surface area contributed by atoms with Gasteiger partial charge in [-0.25, -0.2) is 0 Å². The van der Waals surface area contributed by atoms with Crippen molar-refractivity contribution in [3.05, 3.63) is 53.3 Å². The molecular formula is C14H14N2OS. The first kappa shape index (κ1) is 12.5. The normalized spacial score (nSPS) is 10.1. The quantitative estimate of drug-likeness (QED) is 0.859. The number of nitrogens with zero attached hydrogens (tertiary/aromatic N) is 1. The lowest BCUT2D eigenvalue weighted by atomic mass is 10.1. The molecule has 0 fully saturated rings. The second-order valence-electron chi connectivity index (χ2n) is 4.17. The van der Waals surface area contributed by atoms with E-state index in [4.69, 9.17) is 22.7 Å². The van der Waals surface area contributed by atoms with Gasteiger partial charge in [-0.05, 0) is 43.2 Å².